The van der Waals surface area contributed by atoms with Crippen molar-refractivity contribution in [3.8, 4) is 0 Å². The van der Waals surface area contributed by atoms with E-state index in [0.29, 0.717) is 23.7 Å². The number of nitrogens with zero attached hydrogens (tertiary/aromatic N) is 2. The zero-order chi connectivity index (χ0) is 23.3. The van der Waals surface area contributed by atoms with Crippen molar-refractivity contribution in [3.63, 3.8) is 0 Å². The van der Waals surface area contributed by atoms with Gasteiger partial charge >= 0.3 is 18.9 Å². The Labute approximate surface area is 210 Å². The Balaban J connectivity index is 0.00000512. The average molecular weight is 428 g/mol. The van der Waals surface area contributed by atoms with E-state index in [1.807, 2.05) is 0 Å². The van der Waals surface area contributed by atoms with E-state index < -0.39 is 0 Å². The molecular formula is C29H44LiN2-. The quantitative estimate of drug-likeness (QED) is 0.363. The van der Waals surface area contributed by atoms with Crippen molar-refractivity contribution < 1.29 is 18.9 Å². The summed E-state index contributed by atoms with van der Waals surface area (Å²) in [7, 11) is 0. The molecule has 0 amide bonds. The first kappa shape index (κ1) is 28.7. The predicted octanol–water partition coefficient (Wildman–Crippen LogP) is 7.06. The van der Waals surface area contributed by atoms with Crippen LogP contribution in [0.25, 0.3) is 10.6 Å². The summed E-state index contributed by atoms with van der Waals surface area (Å²) in [5, 5.41) is 10.5. The van der Waals surface area contributed by atoms with Gasteiger partial charge in [0, 0.05) is 0 Å². The van der Waals surface area contributed by atoms with Crippen molar-refractivity contribution in [1.29, 1.82) is 0 Å². The number of rotatable bonds is 10. The van der Waals surface area contributed by atoms with Gasteiger partial charge in [0.2, 0.25) is 0 Å². The van der Waals surface area contributed by atoms with E-state index in [2.05, 4.69) is 106 Å². The Morgan fingerprint density at radius 2 is 0.750 bits per heavy atom. The Morgan fingerprint density at radius 3 is 0.969 bits per heavy atom. The van der Waals surface area contributed by atoms with Crippen LogP contribution in [0.4, 0.5) is 11.4 Å². The van der Waals surface area contributed by atoms with E-state index in [4.69, 9.17) is 10.6 Å². The van der Waals surface area contributed by atoms with Gasteiger partial charge in [0.15, 0.2) is 0 Å². The fourth-order valence-electron chi connectivity index (χ4n) is 4.36. The van der Waals surface area contributed by atoms with Crippen LogP contribution in [0.2, 0.25) is 0 Å². The molecule has 0 heterocycles. The minimum atomic E-state index is 0. The van der Waals surface area contributed by atoms with Gasteiger partial charge in [-0.15, -0.1) is 23.5 Å². The molecule has 2 aromatic rings. The smallest absolute Gasteiger partial charge is 0.681 e. The van der Waals surface area contributed by atoms with Crippen molar-refractivity contribution in [2.24, 2.45) is 0 Å². The molecule has 2 aromatic carbocycles. The maximum Gasteiger partial charge on any atom is 1.00 e. The summed E-state index contributed by atoms with van der Waals surface area (Å²) in [6, 6.07) is 13.8. The molecule has 0 saturated carbocycles. The van der Waals surface area contributed by atoms with Crippen LogP contribution >= 0.6 is 0 Å². The van der Waals surface area contributed by atoms with Crippen molar-refractivity contribution in [2.75, 3.05) is 0 Å². The summed E-state index contributed by atoms with van der Waals surface area (Å²) >= 11 is 0. The zero-order valence-corrected chi connectivity index (χ0v) is 22.5. The van der Waals surface area contributed by atoms with Crippen molar-refractivity contribution in [2.45, 2.75) is 111 Å². The normalized spacial score (nSPS) is 13.4. The van der Waals surface area contributed by atoms with Crippen LogP contribution < -0.4 is 18.9 Å². The monoisotopic (exact) mass is 427 g/mol. The molecule has 0 aliphatic heterocycles. The molecule has 0 bridgehead atoms. The molecule has 0 aliphatic rings. The van der Waals surface area contributed by atoms with Crippen LogP contribution in [-0.2, 0) is 0 Å². The summed E-state index contributed by atoms with van der Waals surface area (Å²) < 4.78 is 0. The summed E-state index contributed by atoms with van der Waals surface area (Å²) in [5.74, 6) is 1.88. The maximum absolute atomic E-state index is 5.24. The van der Waals surface area contributed by atoms with Crippen molar-refractivity contribution >= 4 is 11.4 Å². The Bertz CT molecular complexity index is 717. The molecule has 0 radical (unpaired) electrons. The Hall–Kier alpha value is -1.36. The van der Waals surface area contributed by atoms with E-state index in [1.165, 1.54) is 33.6 Å². The summed E-state index contributed by atoms with van der Waals surface area (Å²) in [4.78, 5) is 0. The minimum absolute atomic E-state index is 0. The van der Waals surface area contributed by atoms with Gasteiger partial charge in [-0.25, -0.2) is 0 Å². The van der Waals surface area contributed by atoms with Gasteiger partial charge in [-0.05, 0) is 23.7 Å². The zero-order valence-electron chi connectivity index (χ0n) is 22.5. The number of hydrogen-bond donors (Lipinski definition) is 0. The van der Waals surface area contributed by atoms with E-state index in [-0.39, 0.29) is 30.9 Å². The molecule has 0 spiro atoms. The van der Waals surface area contributed by atoms with Crippen LogP contribution in [-0.4, -0.2) is 12.1 Å². The fourth-order valence-corrected chi connectivity index (χ4v) is 4.36. The number of hydrogen-bond acceptors (Lipinski definition) is 0. The first-order valence-corrected chi connectivity index (χ1v) is 12.2. The molecule has 3 heteroatoms. The Morgan fingerprint density at radius 1 is 0.500 bits per heavy atom. The van der Waals surface area contributed by atoms with Crippen LogP contribution in [0.1, 0.15) is 122 Å². The molecule has 0 aliphatic carbocycles. The molecular weight excluding hydrogens is 383 g/mol. The second-order valence-electron chi connectivity index (χ2n) is 10.4. The van der Waals surface area contributed by atoms with E-state index >= 15 is 0 Å². The number of benzene rings is 2. The van der Waals surface area contributed by atoms with Gasteiger partial charge in [0.05, 0.1) is 0 Å². The van der Waals surface area contributed by atoms with Gasteiger partial charge in [0.1, 0.15) is 0 Å². The molecule has 0 fully saturated rings. The average Bonchev–Trinajstić information content (AvgIpc) is 2.67. The summed E-state index contributed by atoms with van der Waals surface area (Å²) in [6.07, 6.45) is 0.952. The van der Waals surface area contributed by atoms with Gasteiger partial charge in [0.25, 0.3) is 0 Å². The predicted molar refractivity (Wildman–Crippen MR) is 139 cm³/mol. The summed E-state index contributed by atoms with van der Waals surface area (Å²) in [6.45, 7) is 22.6. The largest absolute Gasteiger partial charge is 1.00 e. The molecule has 32 heavy (non-hydrogen) atoms. The second-order valence-corrected chi connectivity index (χ2v) is 10.4. The van der Waals surface area contributed by atoms with Crippen LogP contribution in [0.5, 0.6) is 0 Å². The third-order valence-electron chi connectivity index (χ3n) is 6.07. The molecule has 2 unspecified atom stereocenters. The topological polar surface area (TPSA) is 28.2 Å². The van der Waals surface area contributed by atoms with Crippen LogP contribution in [0.3, 0.4) is 0 Å². The van der Waals surface area contributed by atoms with Gasteiger partial charge in [-0.1, -0.05) is 134 Å². The maximum atomic E-state index is 5.24. The molecule has 0 aromatic heterocycles. The van der Waals surface area contributed by atoms with Crippen molar-refractivity contribution in [3.05, 3.63) is 69.3 Å². The first-order chi connectivity index (χ1) is 14.5. The minimum Gasteiger partial charge on any atom is -0.681 e. The van der Waals surface area contributed by atoms with E-state index in [0.717, 1.165) is 6.42 Å². The molecule has 2 nitrogen and oxygen atoms in total. The third kappa shape index (κ3) is 7.33. The molecule has 2 rings (SSSR count). The van der Waals surface area contributed by atoms with E-state index in [1.54, 1.807) is 0 Å². The summed E-state index contributed by atoms with van der Waals surface area (Å²) in [5.41, 5.74) is 7.84. The molecule has 0 saturated heterocycles. The van der Waals surface area contributed by atoms with Crippen LogP contribution in [0.15, 0.2) is 36.4 Å². The Kier molecular flexibility index (Phi) is 11.4. The van der Waals surface area contributed by atoms with Crippen molar-refractivity contribution in [1.82, 2.24) is 0 Å². The second kappa shape index (κ2) is 12.8. The molecule has 0 N–H and O–H groups in total. The first-order valence-electron chi connectivity index (χ1n) is 12.2. The standard InChI is InChI=1S/C29H44N2.Li/c1-18(2)24-13-11-14-25(19(3)4)28(24)30-22(9)17-23(10)31-29-26(20(5)6)15-12-16-27(29)21(7)8;/h11-16,18-23H,17H2,1-10H3;/q-2;+1. The van der Waals surface area contributed by atoms with Crippen LogP contribution in [0, 0.1) is 0 Å². The van der Waals surface area contributed by atoms with Gasteiger partial charge < -0.3 is 10.6 Å². The fraction of sp³-hybridized carbons (Fsp3) is 0.586. The molecule has 172 valence electrons. The van der Waals surface area contributed by atoms with E-state index in [9.17, 15) is 0 Å². The SMILES string of the molecule is CC(CC(C)[N-]c1c(C(C)C)cccc1C(C)C)[N-]c1c(C(C)C)cccc1C(C)C.[Li+]. The molecule has 2 atom stereocenters. The third-order valence-corrected chi connectivity index (χ3v) is 6.07. The van der Waals surface area contributed by atoms with Gasteiger partial charge in [-0.2, -0.15) is 0 Å². The number of para-hydroxylation sites is 2. The van der Waals surface area contributed by atoms with Gasteiger partial charge in [-0.3, -0.25) is 0 Å².